The maximum Gasteiger partial charge on any atom is 0.329 e. The van der Waals surface area contributed by atoms with Crippen LogP contribution in [0.2, 0.25) is 0 Å². The summed E-state index contributed by atoms with van der Waals surface area (Å²) >= 11 is 0. The number of esters is 1. The Morgan fingerprint density at radius 1 is 1.20 bits per heavy atom. The summed E-state index contributed by atoms with van der Waals surface area (Å²) in [7, 11) is 1.69. The molecule has 0 aliphatic carbocycles. The molecule has 1 saturated heterocycles. The van der Waals surface area contributed by atoms with Crippen LogP contribution in [0.5, 0.6) is 0 Å². The third-order valence-electron chi connectivity index (χ3n) is 5.64. The summed E-state index contributed by atoms with van der Waals surface area (Å²) in [5.74, 6) is -0.0657. The van der Waals surface area contributed by atoms with Crippen molar-refractivity contribution in [3.05, 3.63) is 66.0 Å². The van der Waals surface area contributed by atoms with E-state index in [9.17, 15) is 9.59 Å². The molecule has 2 heterocycles. The van der Waals surface area contributed by atoms with E-state index in [4.69, 9.17) is 4.74 Å². The second-order valence-corrected chi connectivity index (χ2v) is 8.47. The maximum atomic E-state index is 13.4. The van der Waals surface area contributed by atoms with Crippen molar-refractivity contribution < 1.29 is 14.3 Å². The van der Waals surface area contributed by atoms with Crippen LogP contribution in [0, 0.1) is 11.8 Å². The minimum absolute atomic E-state index is 0.0307. The lowest BCUT2D eigenvalue weighted by molar-refractivity contribution is -0.151. The standard InChI is InChI=1S/C24H31N3O3/c1-17(2)22(23(28)30-16-19-9-6-5-7-10-19)26(4)24(29)27-15-18(3)13-21(27)20-11-8-12-25-14-20/h5-12,14,17-18,21-22H,13,15-16H2,1-4H3/t18-,21+,22+/m1/s1. The fourth-order valence-corrected chi connectivity index (χ4v) is 4.16. The highest BCUT2D eigenvalue weighted by Gasteiger charge is 2.39. The lowest BCUT2D eigenvalue weighted by Gasteiger charge is -2.35. The molecule has 0 radical (unpaired) electrons. The number of benzene rings is 1. The van der Waals surface area contributed by atoms with Crippen molar-refractivity contribution in [2.24, 2.45) is 11.8 Å². The third-order valence-corrected chi connectivity index (χ3v) is 5.64. The Hall–Kier alpha value is -2.89. The fraction of sp³-hybridized carbons (Fsp3) is 0.458. The van der Waals surface area contributed by atoms with Gasteiger partial charge in [-0.1, -0.05) is 57.2 Å². The normalized spacial score (nSPS) is 19.6. The Kier molecular flexibility index (Phi) is 7.08. The highest BCUT2D eigenvalue weighted by atomic mass is 16.5. The number of likely N-dealkylation sites (N-methyl/N-ethyl adjacent to an activating group) is 1. The van der Waals surface area contributed by atoms with Crippen LogP contribution in [0.3, 0.4) is 0 Å². The largest absolute Gasteiger partial charge is 0.459 e. The van der Waals surface area contributed by atoms with Crippen molar-refractivity contribution in [3.8, 4) is 0 Å². The molecular weight excluding hydrogens is 378 g/mol. The van der Waals surface area contributed by atoms with E-state index >= 15 is 0 Å². The first kappa shape index (κ1) is 21.8. The summed E-state index contributed by atoms with van der Waals surface area (Å²) < 4.78 is 5.56. The monoisotopic (exact) mass is 409 g/mol. The number of amides is 2. The fourth-order valence-electron chi connectivity index (χ4n) is 4.16. The van der Waals surface area contributed by atoms with Crippen LogP contribution in [0.15, 0.2) is 54.9 Å². The van der Waals surface area contributed by atoms with Crippen LogP contribution in [-0.2, 0) is 16.1 Å². The van der Waals surface area contributed by atoms with E-state index in [-0.39, 0.29) is 30.6 Å². The van der Waals surface area contributed by atoms with Crippen molar-refractivity contribution >= 4 is 12.0 Å². The number of rotatable bonds is 6. The number of hydrogen-bond acceptors (Lipinski definition) is 4. The number of nitrogens with zero attached hydrogens (tertiary/aromatic N) is 3. The van der Waals surface area contributed by atoms with Crippen LogP contribution in [0.1, 0.15) is 44.4 Å². The van der Waals surface area contributed by atoms with Gasteiger partial charge in [-0.25, -0.2) is 9.59 Å². The minimum atomic E-state index is -0.647. The number of pyridine rings is 1. The highest BCUT2D eigenvalue weighted by Crippen LogP contribution is 2.36. The molecule has 0 unspecified atom stereocenters. The van der Waals surface area contributed by atoms with Crippen molar-refractivity contribution in [2.45, 2.75) is 45.9 Å². The second kappa shape index (κ2) is 9.74. The zero-order chi connectivity index (χ0) is 21.7. The van der Waals surface area contributed by atoms with E-state index in [2.05, 4.69) is 11.9 Å². The predicted octanol–water partition coefficient (Wildman–Crippen LogP) is 4.28. The van der Waals surface area contributed by atoms with Crippen LogP contribution < -0.4 is 0 Å². The van der Waals surface area contributed by atoms with Gasteiger partial charge < -0.3 is 14.5 Å². The van der Waals surface area contributed by atoms with Gasteiger partial charge in [0.05, 0.1) is 6.04 Å². The lowest BCUT2D eigenvalue weighted by Crippen LogP contribution is -2.51. The summed E-state index contributed by atoms with van der Waals surface area (Å²) in [6.45, 7) is 6.87. The smallest absolute Gasteiger partial charge is 0.329 e. The van der Waals surface area contributed by atoms with Crippen LogP contribution in [0.25, 0.3) is 0 Å². The number of hydrogen-bond donors (Lipinski definition) is 0. The molecule has 0 saturated carbocycles. The van der Waals surface area contributed by atoms with Crippen molar-refractivity contribution in [2.75, 3.05) is 13.6 Å². The topological polar surface area (TPSA) is 62.7 Å². The van der Waals surface area contributed by atoms with Crippen molar-refractivity contribution in [1.82, 2.24) is 14.8 Å². The Labute approximate surface area is 178 Å². The maximum absolute atomic E-state index is 13.4. The van der Waals surface area contributed by atoms with Crippen LogP contribution in [-0.4, -0.2) is 46.4 Å². The Morgan fingerprint density at radius 2 is 1.93 bits per heavy atom. The van der Waals surface area contributed by atoms with E-state index in [0.717, 1.165) is 17.5 Å². The summed E-state index contributed by atoms with van der Waals surface area (Å²) in [4.78, 5) is 33.9. The summed E-state index contributed by atoms with van der Waals surface area (Å²) in [6.07, 6.45) is 4.44. The molecule has 30 heavy (non-hydrogen) atoms. The van der Waals surface area contributed by atoms with Gasteiger partial charge in [0, 0.05) is 26.0 Å². The van der Waals surface area contributed by atoms with Gasteiger partial charge in [0.15, 0.2) is 0 Å². The van der Waals surface area contributed by atoms with Gasteiger partial charge in [-0.05, 0) is 35.4 Å². The lowest BCUT2D eigenvalue weighted by atomic mass is 10.0. The molecule has 160 valence electrons. The molecule has 0 N–H and O–H groups in total. The van der Waals surface area contributed by atoms with Gasteiger partial charge in [0.2, 0.25) is 0 Å². The zero-order valence-electron chi connectivity index (χ0n) is 18.2. The number of ether oxygens (including phenoxy) is 1. The predicted molar refractivity (Wildman–Crippen MR) is 115 cm³/mol. The van der Waals surface area contributed by atoms with Gasteiger partial charge in [0.1, 0.15) is 12.6 Å². The molecule has 1 aromatic carbocycles. The molecule has 0 bridgehead atoms. The van der Waals surface area contributed by atoms with E-state index in [1.807, 2.05) is 67.4 Å². The van der Waals surface area contributed by atoms with E-state index in [1.165, 1.54) is 0 Å². The third kappa shape index (κ3) is 4.99. The zero-order valence-corrected chi connectivity index (χ0v) is 18.2. The first-order valence-electron chi connectivity index (χ1n) is 10.5. The molecule has 0 spiro atoms. The van der Waals surface area contributed by atoms with Gasteiger partial charge in [-0.2, -0.15) is 0 Å². The molecule has 2 aromatic rings. The minimum Gasteiger partial charge on any atom is -0.459 e. The molecule has 6 nitrogen and oxygen atoms in total. The number of likely N-dealkylation sites (tertiary alicyclic amines) is 1. The average Bonchev–Trinajstić information content (AvgIpc) is 3.14. The number of urea groups is 1. The van der Waals surface area contributed by atoms with Crippen molar-refractivity contribution in [1.29, 1.82) is 0 Å². The molecule has 1 fully saturated rings. The molecule has 3 atom stereocenters. The Balaban J connectivity index is 1.73. The van der Waals surface area contributed by atoms with E-state index in [0.29, 0.717) is 12.5 Å². The number of carbonyl (C=O) groups is 2. The molecule has 1 aliphatic heterocycles. The molecule has 2 amide bonds. The summed E-state index contributed by atoms with van der Waals surface area (Å²) in [5.41, 5.74) is 1.95. The number of aromatic nitrogens is 1. The quantitative estimate of drug-likeness (QED) is 0.668. The summed E-state index contributed by atoms with van der Waals surface area (Å²) in [5, 5.41) is 0. The Bertz CT molecular complexity index is 841. The molecular formula is C24H31N3O3. The second-order valence-electron chi connectivity index (χ2n) is 8.47. The van der Waals surface area contributed by atoms with Gasteiger partial charge in [-0.3, -0.25) is 4.98 Å². The van der Waals surface area contributed by atoms with Crippen molar-refractivity contribution in [3.63, 3.8) is 0 Å². The molecule has 1 aromatic heterocycles. The van der Waals surface area contributed by atoms with Crippen LogP contribution >= 0.6 is 0 Å². The van der Waals surface area contributed by atoms with Crippen LogP contribution in [0.4, 0.5) is 4.79 Å². The first-order chi connectivity index (χ1) is 14.4. The number of carbonyl (C=O) groups excluding carboxylic acids is 2. The SMILES string of the molecule is CC(C)[C@@H](C(=O)OCc1ccccc1)N(C)C(=O)N1C[C@H](C)C[C@H]1c1cccnc1. The van der Waals surface area contributed by atoms with E-state index in [1.54, 1.807) is 18.1 Å². The Morgan fingerprint density at radius 3 is 2.57 bits per heavy atom. The first-order valence-corrected chi connectivity index (χ1v) is 10.5. The molecule has 3 rings (SSSR count). The molecule has 6 heteroatoms. The van der Waals surface area contributed by atoms with E-state index < -0.39 is 6.04 Å². The summed E-state index contributed by atoms with van der Waals surface area (Å²) in [6, 6.07) is 12.6. The van der Waals surface area contributed by atoms with Gasteiger partial charge in [-0.15, -0.1) is 0 Å². The average molecular weight is 410 g/mol. The highest BCUT2D eigenvalue weighted by molar-refractivity contribution is 5.84. The molecule has 1 aliphatic rings. The van der Waals surface area contributed by atoms with Gasteiger partial charge >= 0.3 is 12.0 Å². The van der Waals surface area contributed by atoms with Gasteiger partial charge in [0.25, 0.3) is 0 Å².